The van der Waals surface area contributed by atoms with Gasteiger partial charge in [0.05, 0.1) is 17.4 Å². The number of nitrogens with zero attached hydrogens (tertiary/aromatic N) is 3. The predicted molar refractivity (Wildman–Crippen MR) is 50.8 cm³/mol. The molecular weight excluding hydrogens is 188 g/mol. The molecule has 5 heteroatoms. The van der Waals surface area contributed by atoms with Gasteiger partial charge in [0.15, 0.2) is 0 Å². The Bertz CT molecular complexity index is 423. The molecule has 0 fully saturated rings. The summed E-state index contributed by atoms with van der Waals surface area (Å²) in [6.07, 6.45) is 5.24. The maximum atomic E-state index is 5.91. The van der Waals surface area contributed by atoms with Gasteiger partial charge < -0.3 is 5.32 Å². The fraction of sp³-hybridized carbons (Fsp3) is 0.250. The summed E-state index contributed by atoms with van der Waals surface area (Å²) in [4.78, 5) is 8.23. The highest BCUT2D eigenvalue weighted by Crippen LogP contribution is 2.15. The maximum absolute atomic E-state index is 5.91. The second-order valence-electron chi connectivity index (χ2n) is 2.69. The Hall–Kier alpha value is -1.13. The smallest absolute Gasteiger partial charge is 0.207 e. The molecule has 4 nitrogen and oxygen atoms in total. The van der Waals surface area contributed by atoms with Gasteiger partial charge in [0, 0.05) is 18.9 Å². The zero-order valence-electron chi connectivity index (χ0n) is 7.16. The van der Waals surface area contributed by atoms with E-state index in [2.05, 4.69) is 15.3 Å². The third kappa shape index (κ3) is 1.38. The number of fused-ring (bicyclic) bond motifs is 1. The largest absolute Gasteiger partial charge is 0.314 e. The SMILES string of the molecule is CNCc1nc(Cl)n2ccncc12. The molecule has 0 amide bonds. The minimum atomic E-state index is 0.475. The summed E-state index contributed by atoms with van der Waals surface area (Å²) in [5, 5.41) is 3.50. The molecule has 13 heavy (non-hydrogen) atoms. The number of hydrogen-bond acceptors (Lipinski definition) is 3. The molecule has 0 atom stereocenters. The first-order valence-electron chi connectivity index (χ1n) is 3.94. The van der Waals surface area contributed by atoms with Crippen LogP contribution >= 0.6 is 11.6 Å². The molecule has 0 saturated heterocycles. The van der Waals surface area contributed by atoms with E-state index in [0.717, 1.165) is 11.2 Å². The van der Waals surface area contributed by atoms with Gasteiger partial charge in [-0.1, -0.05) is 0 Å². The average molecular weight is 197 g/mol. The van der Waals surface area contributed by atoms with Gasteiger partial charge in [-0.05, 0) is 18.6 Å². The van der Waals surface area contributed by atoms with Crippen LogP contribution < -0.4 is 5.32 Å². The molecule has 2 rings (SSSR count). The van der Waals surface area contributed by atoms with Crippen LogP contribution in [0.5, 0.6) is 0 Å². The number of halogens is 1. The van der Waals surface area contributed by atoms with Crippen molar-refractivity contribution in [3.63, 3.8) is 0 Å². The molecule has 68 valence electrons. The minimum absolute atomic E-state index is 0.475. The first-order chi connectivity index (χ1) is 6.33. The van der Waals surface area contributed by atoms with E-state index in [0.29, 0.717) is 11.8 Å². The highest BCUT2D eigenvalue weighted by molar-refractivity contribution is 6.28. The van der Waals surface area contributed by atoms with E-state index >= 15 is 0 Å². The van der Waals surface area contributed by atoms with Crippen molar-refractivity contribution in [2.24, 2.45) is 0 Å². The van der Waals surface area contributed by atoms with Crippen molar-refractivity contribution < 1.29 is 0 Å². The maximum Gasteiger partial charge on any atom is 0.207 e. The summed E-state index contributed by atoms with van der Waals surface area (Å²) in [5.74, 6) is 0. The summed E-state index contributed by atoms with van der Waals surface area (Å²) in [6, 6.07) is 0. The van der Waals surface area contributed by atoms with Gasteiger partial charge in [0.1, 0.15) is 0 Å². The lowest BCUT2D eigenvalue weighted by Crippen LogP contribution is -2.05. The number of imidazole rings is 1. The first-order valence-corrected chi connectivity index (χ1v) is 4.32. The van der Waals surface area contributed by atoms with Gasteiger partial charge >= 0.3 is 0 Å². The van der Waals surface area contributed by atoms with E-state index < -0.39 is 0 Å². The Morgan fingerprint density at radius 2 is 2.46 bits per heavy atom. The third-order valence-corrected chi connectivity index (χ3v) is 2.09. The van der Waals surface area contributed by atoms with E-state index in [4.69, 9.17) is 11.6 Å². The summed E-state index contributed by atoms with van der Waals surface area (Å²) >= 11 is 5.91. The molecule has 0 aliphatic rings. The van der Waals surface area contributed by atoms with E-state index in [9.17, 15) is 0 Å². The second-order valence-corrected chi connectivity index (χ2v) is 3.03. The van der Waals surface area contributed by atoms with Crippen LogP contribution in [0, 0.1) is 0 Å². The van der Waals surface area contributed by atoms with Crippen molar-refractivity contribution >= 4 is 17.1 Å². The summed E-state index contributed by atoms with van der Waals surface area (Å²) < 4.78 is 1.81. The lowest BCUT2D eigenvalue weighted by atomic mass is 10.4. The van der Waals surface area contributed by atoms with E-state index in [1.165, 1.54) is 0 Å². The van der Waals surface area contributed by atoms with Crippen LogP contribution in [0.15, 0.2) is 18.6 Å². The standard InChI is InChI=1S/C8H9ClN4/c1-10-4-6-7-5-11-2-3-13(7)8(9)12-6/h2-3,5,10H,4H2,1H3. The van der Waals surface area contributed by atoms with Gasteiger partial charge in [0.2, 0.25) is 5.28 Å². The average Bonchev–Trinajstić information content (AvgIpc) is 2.46. The van der Waals surface area contributed by atoms with E-state index in [1.807, 2.05) is 7.05 Å². The van der Waals surface area contributed by atoms with E-state index in [-0.39, 0.29) is 0 Å². The molecule has 0 spiro atoms. The van der Waals surface area contributed by atoms with Gasteiger partial charge in [-0.15, -0.1) is 0 Å². The molecule has 0 bridgehead atoms. The lowest BCUT2D eigenvalue weighted by molar-refractivity contribution is 0.802. The molecule has 0 unspecified atom stereocenters. The Balaban J connectivity index is 2.63. The molecule has 0 radical (unpaired) electrons. The normalized spacial score (nSPS) is 10.9. The fourth-order valence-corrected chi connectivity index (χ4v) is 1.51. The highest BCUT2D eigenvalue weighted by atomic mass is 35.5. The van der Waals surface area contributed by atoms with Crippen molar-refractivity contribution in [1.82, 2.24) is 19.7 Å². The Kier molecular flexibility index (Phi) is 2.16. The number of hydrogen-bond donors (Lipinski definition) is 1. The highest BCUT2D eigenvalue weighted by Gasteiger charge is 2.07. The topological polar surface area (TPSA) is 42.2 Å². The van der Waals surface area contributed by atoms with Crippen LogP contribution in [0.3, 0.4) is 0 Å². The summed E-state index contributed by atoms with van der Waals surface area (Å²) in [5.41, 5.74) is 1.86. The molecule has 0 aromatic carbocycles. The first kappa shape index (κ1) is 8.47. The molecule has 0 saturated carbocycles. The Morgan fingerprint density at radius 1 is 1.62 bits per heavy atom. The predicted octanol–water partition coefficient (Wildman–Crippen LogP) is 1.10. The molecule has 2 heterocycles. The Labute approximate surface area is 80.6 Å². The quantitative estimate of drug-likeness (QED) is 0.782. The van der Waals surface area contributed by atoms with E-state index in [1.54, 1.807) is 23.0 Å². The molecule has 1 N–H and O–H groups in total. The van der Waals surface area contributed by atoms with Crippen molar-refractivity contribution in [3.05, 3.63) is 29.6 Å². The Morgan fingerprint density at radius 3 is 3.23 bits per heavy atom. The zero-order chi connectivity index (χ0) is 9.26. The molecule has 0 aliphatic carbocycles. The minimum Gasteiger partial charge on any atom is -0.314 e. The van der Waals surface area contributed by atoms with Crippen molar-refractivity contribution in [3.8, 4) is 0 Å². The number of nitrogens with one attached hydrogen (secondary N) is 1. The molecule has 2 aromatic rings. The summed E-state index contributed by atoms with van der Waals surface area (Å²) in [6.45, 7) is 0.696. The lowest BCUT2D eigenvalue weighted by Gasteiger charge is -1.95. The number of rotatable bonds is 2. The van der Waals surface area contributed by atoms with Crippen LogP contribution in [0.4, 0.5) is 0 Å². The zero-order valence-corrected chi connectivity index (χ0v) is 7.91. The molecular formula is C8H9ClN4. The monoisotopic (exact) mass is 196 g/mol. The summed E-state index contributed by atoms with van der Waals surface area (Å²) in [7, 11) is 1.87. The van der Waals surface area contributed by atoms with Crippen LogP contribution in [-0.4, -0.2) is 21.4 Å². The van der Waals surface area contributed by atoms with Crippen molar-refractivity contribution in [2.45, 2.75) is 6.54 Å². The van der Waals surface area contributed by atoms with Crippen molar-refractivity contribution in [2.75, 3.05) is 7.05 Å². The van der Waals surface area contributed by atoms with Crippen LogP contribution in [0.2, 0.25) is 5.28 Å². The van der Waals surface area contributed by atoms with Crippen LogP contribution in [0.25, 0.3) is 5.52 Å². The number of aromatic nitrogens is 3. The van der Waals surface area contributed by atoms with Gasteiger partial charge in [0.25, 0.3) is 0 Å². The fourth-order valence-electron chi connectivity index (χ4n) is 1.26. The second kappa shape index (κ2) is 3.32. The molecule has 0 aliphatic heterocycles. The van der Waals surface area contributed by atoms with Gasteiger partial charge in [-0.25, -0.2) is 4.98 Å². The van der Waals surface area contributed by atoms with Crippen LogP contribution in [0.1, 0.15) is 5.69 Å². The molecule has 2 aromatic heterocycles. The third-order valence-electron chi connectivity index (χ3n) is 1.82. The van der Waals surface area contributed by atoms with Gasteiger partial charge in [-0.3, -0.25) is 9.38 Å². The van der Waals surface area contributed by atoms with Gasteiger partial charge in [-0.2, -0.15) is 0 Å². The van der Waals surface area contributed by atoms with Crippen molar-refractivity contribution in [1.29, 1.82) is 0 Å². The van der Waals surface area contributed by atoms with Crippen LogP contribution in [-0.2, 0) is 6.54 Å².